The molecule has 2 aromatic carbocycles. The van der Waals surface area contributed by atoms with E-state index < -0.39 is 29.5 Å². The van der Waals surface area contributed by atoms with Gasteiger partial charge in [0, 0.05) is 24.6 Å². The molecule has 1 saturated carbocycles. The molecule has 2 aromatic rings. The first kappa shape index (κ1) is 20.8. The number of halogens is 6. The summed E-state index contributed by atoms with van der Waals surface area (Å²) in [7, 11) is 0. The molecule has 2 amide bonds. The van der Waals surface area contributed by atoms with Crippen LogP contribution in [0.4, 0.5) is 36.8 Å². The van der Waals surface area contributed by atoms with Gasteiger partial charge in [0.1, 0.15) is 11.9 Å². The van der Waals surface area contributed by atoms with Crippen LogP contribution < -0.4 is 15.4 Å². The van der Waals surface area contributed by atoms with Crippen LogP contribution in [0.15, 0.2) is 48.5 Å². The van der Waals surface area contributed by atoms with Crippen LogP contribution >= 0.6 is 0 Å². The van der Waals surface area contributed by atoms with Gasteiger partial charge in [-0.1, -0.05) is 6.07 Å². The summed E-state index contributed by atoms with van der Waals surface area (Å²) in [6.45, 7) is 0. The standard InChI is InChI=1S/C19H16F6N2O2/c20-18(21,22)11-4-6-15(7-5-11)29-16-9-14(10-16)27-17(28)26-13-3-1-2-12(8-13)19(23,24)25/h1-8,14,16H,9-10H2,(H2,26,27,28)/t14-,16-. The smallest absolute Gasteiger partial charge is 0.416 e. The van der Waals surface area contributed by atoms with Gasteiger partial charge >= 0.3 is 18.4 Å². The number of hydrogen-bond donors (Lipinski definition) is 2. The molecule has 1 fully saturated rings. The predicted octanol–water partition coefficient (Wildman–Crippen LogP) is 5.46. The van der Waals surface area contributed by atoms with Crippen molar-refractivity contribution in [3.8, 4) is 5.75 Å². The second-order valence-corrected chi connectivity index (χ2v) is 6.61. The number of carbonyl (C=O) groups excluding carboxylic acids is 1. The Kier molecular flexibility index (Phi) is 5.63. The van der Waals surface area contributed by atoms with Crippen LogP contribution in [0.3, 0.4) is 0 Å². The van der Waals surface area contributed by atoms with Gasteiger partial charge in [0.25, 0.3) is 0 Å². The number of benzene rings is 2. The Balaban J connectivity index is 1.44. The highest BCUT2D eigenvalue weighted by atomic mass is 19.4. The van der Waals surface area contributed by atoms with E-state index in [0.29, 0.717) is 12.8 Å². The van der Waals surface area contributed by atoms with E-state index in [2.05, 4.69) is 10.6 Å². The van der Waals surface area contributed by atoms with Crippen LogP contribution in [0, 0.1) is 0 Å². The molecule has 0 aromatic heterocycles. The maximum absolute atomic E-state index is 12.7. The Morgan fingerprint density at radius 1 is 0.897 bits per heavy atom. The summed E-state index contributed by atoms with van der Waals surface area (Å²) in [6.07, 6.45) is -8.35. The largest absolute Gasteiger partial charge is 0.490 e. The quantitative estimate of drug-likeness (QED) is 0.649. The van der Waals surface area contributed by atoms with Crippen molar-refractivity contribution in [2.75, 3.05) is 5.32 Å². The van der Waals surface area contributed by atoms with E-state index in [1.165, 1.54) is 24.3 Å². The second kappa shape index (κ2) is 7.84. The van der Waals surface area contributed by atoms with Gasteiger partial charge in [0.05, 0.1) is 11.1 Å². The first-order chi connectivity index (χ1) is 13.5. The lowest BCUT2D eigenvalue weighted by Gasteiger charge is -2.35. The van der Waals surface area contributed by atoms with E-state index >= 15 is 0 Å². The third kappa shape index (κ3) is 5.55. The average Bonchev–Trinajstić information content (AvgIpc) is 2.59. The summed E-state index contributed by atoms with van der Waals surface area (Å²) in [5.41, 5.74) is -1.64. The Morgan fingerprint density at radius 2 is 1.52 bits per heavy atom. The van der Waals surface area contributed by atoms with E-state index in [-0.39, 0.29) is 23.6 Å². The highest BCUT2D eigenvalue weighted by Gasteiger charge is 2.34. The molecule has 0 heterocycles. The zero-order valence-electron chi connectivity index (χ0n) is 14.8. The van der Waals surface area contributed by atoms with Crippen molar-refractivity contribution in [1.82, 2.24) is 5.32 Å². The predicted molar refractivity (Wildman–Crippen MR) is 92.5 cm³/mol. The summed E-state index contributed by atoms with van der Waals surface area (Å²) < 4.78 is 81.2. The number of nitrogens with one attached hydrogen (secondary N) is 2. The van der Waals surface area contributed by atoms with Crippen LogP contribution in [-0.2, 0) is 12.4 Å². The average molecular weight is 418 g/mol. The van der Waals surface area contributed by atoms with Gasteiger partial charge in [-0.3, -0.25) is 0 Å². The maximum atomic E-state index is 12.7. The van der Waals surface area contributed by atoms with Crippen molar-refractivity contribution in [2.24, 2.45) is 0 Å². The number of amides is 2. The van der Waals surface area contributed by atoms with Crippen molar-refractivity contribution in [3.05, 3.63) is 59.7 Å². The molecular weight excluding hydrogens is 402 g/mol. The molecule has 1 aliphatic rings. The number of rotatable bonds is 4. The second-order valence-electron chi connectivity index (χ2n) is 6.61. The molecular formula is C19H16F6N2O2. The molecule has 2 N–H and O–H groups in total. The number of urea groups is 1. The highest BCUT2D eigenvalue weighted by molar-refractivity contribution is 5.89. The number of alkyl halides is 6. The summed E-state index contributed by atoms with van der Waals surface area (Å²) in [4.78, 5) is 11.9. The molecule has 29 heavy (non-hydrogen) atoms. The van der Waals surface area contributed by atoms with Gasteiger partial charge in [-0.05, 0) is 42.5 Å². The number of anilines is 1. The Bertz CT molecular complexity index is 858. The van der Waals surface area contributed by atoms with Crippen molar-refractivity contribution >= 4 is 11.7 Å². The van der Waals surface area contributed by atoms with E-state index in [1.807, 2.05) is 0 Å². The lowest BCUT2D eigenvalue weighted by atomic mass is 9.89. The van der Waals surface area contributed by atoms with Gasteiger partial charge in [-0.2, -0.15) is 26.3 Å². The van der Waals surface area contributed by atoms with Crippen molar-refractivity contribution in [3.63, 3.8) is 0 Å². The van der Waals surface area contributed by atoms with E-state index in [0.717, 1.165) is 24.3 Å². The monoisotopic (exact) mass is 418 g/mol. The fourth-order valence-corrected chi connectivity index (χ4v) is 2.82. The van der Waals surface area contributed by atoms with E-state index in [9.17, 15) is 31.1 Å². The maximum Gasteiger partial charge on any atom is 0.416 e. The molecule has 4 nitrogen and oxygen atoms in total. The molecule has 0 aliphatic heterocycles. The van der Waals surface area contributed by atoms with Crippen molar-refractivity contribution in [1.29, 1.82) is 0 Å². The van der Waals surface area contributed by atoms with Crippen LogP contribution in [0.5, 0.6) is 5.75 Å². The molecule has 0 saturated heterocycles. The zero-order valence-corrected chi connectivity index (χ0v) is 14.8. The summed E-state index contributed by atoms with van der Waals surface area (Å²) in [5, 5.41) is 4.95. The molecule has 10 heteroatoms. The third-order valence-electron chi connectivity index (χ3n) is 4.36. The normalized spacial score (nSPS) is 19.2. The SMILES string of the molecule is O=C(Nc1cccc(C(F)(F)F)c1)N[C@H]1C[C@H](Oc2ccc(C(F)(F)F)cc2)C1. The van der Waals surface area contributed by atoms with E-state index in [1.54, 1.807) is 0 Å². The Labute approximate surface area is 161 Å². The van der Waals surface area contributed by atoms with Gasteiger partial charge in [0.2, 0.25) is 0 Å². The minimum absolute atomic E-state index is 0.00852. The molecule has 0 atom stereocenters. The minimum Gasteiger partial charge on any atom is -0.490 e. The van der Waals surface area contributed by atoms with Crippen molar-refractivity contribution in [2.45, 2.75) is 37.3 Å². The molecule has 0 radical (unpaired) electrons. The molecule has 0 unspecified atom stereocenters. The summed E-state index contributed by atoms with van der Waals surface area (Å²) in [5.74, 6) is 0.287. The first-order valence-electron chi connectivity index (χ1n) is 8.59. The first-order valence-corrected chi connectivity index (χ1v) is 8.59. The molecule has 0 spiro atoms. The van der Waals surface area contributed by atoms with Gasteiger partial charge in [-0.25, -0.2) is 4.79 Å². The number of ether oxygens (including phenoxy) is 1. The summed E-state index contributed by atoms with van der Waals surface area (Å²) in [6, 6.07) is 7.66. The number of hydrogen-bond acceptors (Lipinski definition) is 2. The molecule has 156 valence electrons. The van der Waals surface area contributed by atoms with Crippen LogP contribution in [0.2, 0.25) is 0 Å². The van der Waals surface area contributed by atoms with Crippen LogP contribution in [0.1, 0.15) is 24.0 Å². The Morgan fingerprint density at radius 3 is 2.10 bits per heavy atom. The molecule has 3 rings (SSSR count). The minimum atomic E-state index is -4.51. The Hall–Kier alpha value is -2.91. The van der Waals surface area contributed by atoms with Gasteiger partial charge in [0.15, 0.2) is 0 Å². The lowest BCUT2D eigenvalue weighted by Crippen LogP contribution is -2.50. The fourth-order valence-electron chi connectivity index (χ4n) is 2.82. The molecule has 1 aliphatic carbocycles. The fraction of sp³-hybridized carbons (Fsp3) is 0.316. The van der Waals surface area contributed by atoms with Crippen LogP contribution in [0.25, 0.3) is 0 Å². The number of carbonyl (C=O) groups is 1. The summed E-state index contributed by atoms with van der Waals surface area (Å²) >= 11 is 0. The van der Waals surface area contributed by atoms with Gasteiger partial charge < -0.3 is 15.4 Å². The van der Waals surface area contributed by atoms with Gasteiger partial charge in [-0.15, -0.1) is 0 Å². The van der Waals surface area contributed by atoms with Crippen LogP contribution in [-0.4, -0.2) is 18.2 Å². The topological polar surface area (TPSA) is 50.4 Å². The third-order valence-corrected chi connectivity index (χ3v) is 4.36. The molecule has 0 bridgehead atoms. The highest BCUT2D eigenvalue weighted by Crippen LogP contribution is 2.32. The van der Waals surface area contributed by atoms with E-state index in [4.69, 9.17) is 4.74 Å². The lowest BCUT2D eigenvalue weighted by molar-refractivity contribution is -0.138. The zero-order chi connectivity index (χ0) is 21.2. The van der Waals surface area contributed by atoms with Crippen molar-refractivity contribution < 1.29 is 35.9 Å².